The summed E-state index contributed by atoms with van der Waals surface area (Å²) in [5.41, 5.74) is 1.02. The van der Waals surface area contributed by atoms with Crippen molar-refractivity contribution < 1.29 is 41.1 Å². The Morgan fingerprint density at radius 1 is 0.921 bits per heavy atom. The van der Waals surface area contributed by atoms with Crippen molar-refractivity contribution in [3.05, 3.63) is 95.7 Å². The number of aromatic nitrogens is 4. The van der Waals surface area contributed by atoms with Crippen LogP contribution in [0.2, 0.25) is 0 Å². The van der Waals surface area contributed by atoms with E-state index in [9.17, 15) is 27.6 Å². The van der Waals surface area contributed by atoms with Gasteiger partial charge in [-0.2, -0.15) is 12.7 Å². The van der Waals surface area contributed by atoms with Crippen LogP contribution >= 0.6 is 0 Å². The number of aromatic amines is 1. The maximum absolute atomic E-state index is 15.6. The molecule has 3 N–H and O–H groups in total. The number of carbonyl (C=O) groups excluding carboxylic acids is 4. The molecule has 3 aliphatic rings. The van der Waals surface area contributed by atoms with E-state index in [-0.39, 0.29) is 36.3 Å². The van der Waals surface area contributed by atoms with Crippen LogP contribution in [0.4, 0.5) is 20.3 Å². The number of ketones is 1. The molecule has 0 radical (unpaired) electrons. The monoisotopic (exact) mass is 884 g/mol. The molecule has 3 saturated heterocycles. The van der Waals surface area contributed by atoms with Crippen molar-refractivity contribution in [3.8, 4) is 16.9 Å². The number of imide groups is 1. The predicted molar refractivity (Wildman–Crippen MR) is 228 cm³/mol. The van der Waals surface area contributed by atoms with E-state index >= 15 is 8.78 Å². The van der Waals surface area contributed by atoms with Gasteiger partial charge in [0.2, 0.25) is 17.6 Å². The Labute approximate surface area is 362 Å². The number of carbonyl (C=O) groups is 4. The summed E-state index contributed by atoms with van der Waals surface area (Å²) >= 11 is 0. The third-order valence-corrected chi connectivity index (χ3v) is 13.4. The summed E-state index contributed by atoms with van der Waals surface area (Å²) in [6, 6.07) is 10.9. The van der Waals surface area contributed by atoms with Crippen molar-refractivity contribution in [2.75, 3.05) is 69.0 Å². The Morgan fingerprint density at radius 2 is 1.68 bits per heavy atom. The smallest absolute Gasteiger partial charge is 0.301 e. The van der Waals surface area contributed by atoms with Gasteiger partial charge in [0, 0.05) is 105 Å². The number of pyridine rings is 3. The Hall–Kier alpha value is -6.38. The summed E-state index contributed by atoms with van der Waals surface area (Å²) in [6.07, 6.45) is 7.77. The number of H-pyrrole nitrogens is 1. The van der Waals surface area contributed by atoms with E-state index in [1.54, 1.807) is 37.6 Å². The molecule has 20 heteroatoms. The van der Waals surface area contributed by atoms with Gasteiger partial charge in [0.25, 0.3) is 5.91 Å². The molecule has 0 spiro atoms. The Kier molecular flexibility index (Phi) is 12.5. The van der Waals surface area contributed by atoms with Crippen LogP contribution in [0.5, 0.6) is 5.75 Å². The topological polar surface area (TPSA) is 203 Å². The Morgan fingerprint density at radius 3 is 2.37 bits per heavy atom. The van der Waals surface area contributed by atoms with Crippen LogP contribution in [0, 0.1) is 11.6 Å². The summed E-state index contributed by atoms with van der Waals surface area (Å²) in [7, 11) is -2.85. The highest BCUT2D eigenvalue weighted by Gasteiger charge is 2.31. The maximum atomic E-state index is 15.6. The average molecular weight is 885 g/mol. The largest absolute Gasteiger partial charge is 0.479 e. The number of likely N-dealkylation sites (tertiary alicyclic amines) is 1. The first kappa shape index (κ1) is 43.3. The predicted octanol–water partition coefficient (Wildman–Crippen LogP) is 3.85. The highest BCUT2D eigenvalue weighted by Crippen LogP contribution is 2.31. The van der Waals surface area contributed by atoms with E-state index in [1.165, 1.54) is 13.2 Å². The lowest BCUT2D eigenvalue weighted by molar-refractivity contribution is -0.139. The molecule has 4 aromatic heterocycles. The SMILES string of the molecule is CCN(C)S(=O)(=O)Nc1ccc(F)c(C(=O)c2c[nH]c3ncc(-c4ccc(N5CCN(C(=O)CN6CCC(c7ccc(OC8CCC(=O)NC8=O)cn7)CC6)CC5)nc4)cc23)c1F. The zero-order valence-electron chi connectivity index (χ0n) is 34.6. The van der Waals surface area contributed by atoms with Crippen molar-refractivity contribution in [2.24, 2.45) is 0 Å². The summed E-state index contributed by atoms with van der Waals surface area (Å²) in [5, 5.41) is 2.60. The van der Waals surface area contributed by atoms with Crippen LogP contribution in [-0.4, -0.2) is 131 Å². The van der Waals surface area contributed by atoms with Crippen LogP contribution in [0.3, 0.4) is 0 Å². The van der Waals surface area contributed by atoms with Crippen LogP contribution < -0.4 is 19.7 Å². The highest BCUT2D eigenvalue weighted by atomic mass is 32.2. The first-order valence-electron chi connectivity index (χ1n) is 20.7. The molecule has 1 unspecified atom stereocenters. The Bertz CT molecular complexity index is 2650. The molecule has 63 heavy (non-hydrogen) atoms. The molecule has 0 aliphatic carbocycles. The maximum Gasteiger partial charge on any atom is 0.301 e. The lowest BCUT2D eigenvalue weighted by Crippen LogP contribution is -2.52. The molecule has 1 atom stereocenters. The summed E-state index contributed by atoms with van der Waals surface area (Å²) in [6.45, 7) is 5.86. The summed E-state index contributed by atoms with van der Waals surface area (Å²) in [4.78, 5) is 73.2. The van der Waals surface area contributed by atoms with Gasteiger partial charge in [0.1, 0.15) is 23.0 Å². The minimum absolute atomic E-state index is 0.0511. The second kappa shape index (κ2) is 18.1. The number of piperazine rings is 1. The molecular weight excluding hydrogens is 839 g/mol. The fourth-order valence-corrected chi connectivity index (χ4v) is 8.90. The van der Waals surface area contributed by atoms with E-state index in [2.05, 4.69) is 39.8 Å². The number of ether oxygens (including phenoxy) is 1. The molecule has 8 rings (SSSR count). The van der Waals surface area contributed by atoms with Gasteiger partial charge in [-0.25, -0.2) is 18.7 Å². The van der Waals surface area contributed by atoms with Gasteiger partial charge >= 0.3 is 10.2 Å². The van der Waals surface area contributed by atoms with Crippen LogP contribution in [-0.2, 0) is 24.6 Å². The fraction of sp³-hybridized carbons (Fsp3) is 0.372. The molecule has 17 nitrogen and oxygen atoms in total. The number of hydrogen-bond acceptors (Lipinski definition) is 12. The number of benzene rings is 1. The lowest BCUT2D eigenvalue weighted by atomic mass is 9.93. The normalized spacial score (nSPS) is 17.9. The number of anilines is 2. The van der Waals surface area contributed by atoms with E-state index in [0.717, 1.165) is 53.9 Å². The van der Waals surface area contributed by atoms with Gasteiger partial charge in [0.05, 0.1) is 24.0 Å². The van der Waals surface area contributed by atoms with Gasteiger partial charge in [-0.05, 0) is 68.4 Å². The minimum Gasteiger partial charge on any atom is -0.479 e. The number of amides is 3. The van der Waals surface area contributed by atoms with Crippen molar-refractivity contribution in [1.82, 2.24) is 39.4 Å². The van der Waals surface area contributed by atoms with Crippen LogP contribution in [0.15, 0.2) is 67.3 Å². The van der Waals surface area contributed by atoms with Crippen LogP contribution in [0.25, 0.3) is 22.2 Å². The van der Waals surface area contributed by atoms with Crippen LogP contribution in [0.1, 0.15) is 60.1 Å². The van der Waals surface area contributed by atoms with E-state index < -0.39 is 50.9 Å². The second-order valence-electron chi connectivity index (χ2n) is 15.8. The molecule has 3 amide bonds. The lowest BCUT2D eigenvalue weighted by Gasteiger charge is -2.37. The first-order valence-corrected chi connectivity index (χ1v) is 22.1. The Balaban J connectivity index is 0.834. The van der Waals surface area contributed by atoms with Crippen molar-refractivity contribution >= 4 is 56.3 Å². The van der Waals surface area contributed by atoms with Gasteiger partial charge in [0.15, 0.2) is 11.9 Å². The number of fused-ring (bicyclic) bond motifs is 1. The van der Waals surface area contributed by atoms with E-state index in [4.69, 9.17) is 4.74 Å². The molecule has 0 bridgehead atoms. The number of nitrogens with zero attached hydrogens (tertiary/aromatic N) is 7. The van der Waals surface area contributed by atoms with E-state index in [0.29, 0.717) is 67.1 Å². The van der Waals surface area contributed by atoms with Gasteiger partial charge in [-0.3, -0.25) is 39.1 Å². The summed E-state index contributed by atoms with van der Waals surface area (Å²) in [5.74, 6) is -2.67. The molecule has 330 valence electrons. The average Bonchev–Trinajstić information content (AvgIpc) is 3.72. The molecule has 3 aliphatic heterocycles. The third kappa shape index (κ3) is 9.37. The number of nitrogens with one attached hydrogen (secondary N) is 3. The molecular formula is C43H46F2N10O7S. The fourth-order valence-electron chi connectivity index (χ4n) is 7.97. The minimum atomic E-state index is -4.15. The zero-order valence-corrected chi connectivity index (χ0v) is 35.5. The number of hydrogen-bond donors (Lipinski definition) is 3. The number of piperidine rings is 2. The van der Waals surface area contributed by atoms with E-state index in [1.807, 2.05) is 23.1 Å². The molecule has 0 saturated carbocycles. The highest BCUT2D eigenvalue weighted by molar-refractivity contribution is 7.90. The molecule has 3 fully saturated rings. The van der Waals surface area contributed by atoms with Crippen molar-refractivity contribution in [1.29, 1.82) is 0 Å². The molecule has 1 aromatic carbocycles. The third-order valence-electron chi connectivity index (χ3n) is 11.8. The van der Waals surface area contributed by atoms with Crippen molar-refractivity contribution in [2.45, 2.75) is 44.6 Å². The summed E-state index contributed by atoms with van der Waals surface area (Å²) < 4.78 is 64.5. The standard InChI is InChI=1S/C43H46F2N10O7S/c1-3-52(2)63(60,61)51-34-8-6-32(44)39(40(34)45)41(58)31-24-49-42-30(31)20-28(22-48-42)27-4-10-36(47-21-27)54-16-18-55(19-17-54)38(57)25-53-14-12-26(13-15-53)33-7-5-29(23-46-33)62-35-9-11-37(56)50-43(35)59/h4-8,10,20-24,26,35,51H,3,9,11-19,25H2,1-2H3,(H,48,49)(H,50,56,59). The van der Waals surface area contributed by atoms with Gasteiger partial charge in [-0.15, -0.1) is 0 Å². The zero-order chi connectivity index (χ0) is 44.4. The first-order chi connectivity index (χ1) is 30.3. The second-order valence-corrected chi connectivity index (χ2v) is 17.5. The number of rotatable bonds is 13. The van der Waals surface area contributed by atoms with Crippen molar-refractivity contribution in [3.63, 3.8) is 0 Å². The van der Waals surface area contributed by atoms with Gasteiger partial charge in [-0.1, -0.05) is 6.92 Å². The molecule has 5 aromatic rings. The van der Waals surface area contributed by atoms with Gasteiger partial charge < -0.3 is 19.5 Å². The number of halogens is 2. The quantitative estimate of drug-likeness (QED) is 0.114. The molecule has 7 heterocycles.